The minimum Gasteiger partial charge on any atom is -0.320 e. The van der Waals surface area contributed by atoms with Gasteiger partial charge in [0, 0.05) is 0 Å². The van der Waals surface area contributed by atoms with E-state index in [1.807, 2.05) is 0 Å². The van der Waals surface area contributed by atoms with Gasteiger partial charge in [-0.1, -0.05) is 29.3 Å². The number of hydrogen-bond acceptors (Lipinski definition) is 1. The molecule has 2 N–H and O–H groups in total. The van der Waals surface area contributed by atoms with Crippen molar-refractivity contribution >= 4 is 0 Å². The van der Waals surface area contributed by atoms with Gasteiger partial charge in [0.25, 0.3) is 0 Å². The fourth-order valence-electron chi connectivity index (χ4n) is 2.25. The van der Waals surface area contributed by atoms with Crippen LogP contribution in [0.1, 0.15) is 28.3 Å². The minimum absolute atomic E-state index is 0.274. The van der Waals surface area contributed by atoms with Crippen LogP contribution in [-0.2, 0) is 0 Å². The Kier molecular flexibility index (Phi) is 4.00. The number of hydrogen-bond donors (Lipinski definition) is 1. The predicted octanol–water partition coefficient (Wildman–Crippen LogP) is 4.05. The second-order valence-electron chi connectivity index (χ2n) is 4.88. The van der Waals surface area contributed by atoms with Crippen LogP contribution in [0.5, 0.6) is 0 Å². The molecule has 6 heteroatoms. The van der Waals surface area contributed by atoms with Gasteiger partial charge in [0.15, 0.2) is 23.3 Å². The molecular formula is C15H12F5N. The smallest absolute Gasteiger partial charge is 0.200 e. The van der Waals surface area contributed by atoms with Gasteiger partial charge in [-0.25, -0.2) is 22.0 Å². The maximum Gasteiger partial charge on any atom is 0.200 e. The summed E-state index contributed by atoms with van der Waals surface area (Å²) in [7, 11) is 0. The van der Waals surface area contributed by atoms with Gasteiger partial charge in [0.2, 0.25) is 5.82 Å². The van der Waals surface area contributed by atoms with Crippen LogP contribution in [0, 0.1) is 42.9 Å². The highest BCUT2D eigenvalue weighted by Crippen LogP contribution is 2.30. The average molecular weight is 301 g/mol. The van der Waals surface area contributed by atoms with Crippen molar-refractivity contribution in [3.8, 4) is 0 Å². The zero-order valence-electron chi connectivity index (χ0n) is 11.3. The Hall–Kier alpha value is -1.95. The highest BCUT2D eigenvalue weighted by molar-refractivity contribution is 5.38. The summed E-state index contributed by atoms with van der Waals surface area (Å²) in [4.78, 5) is 0. The largest absolute Gasteiger partial charge is 0.320 e. The molecule has 0 spiro atoms. The monoisotopic (exact) mass is 301 g/mol. The molecule has 2 rings (SSSR count). The van der Waals surface area contributed by atoms with Gasteiger partial charge in [-0.05, 0) is 19.4 Å². The molecule has 0 aliphatic carbocycles. The van der Waals surface area contributed by atoms with E-state index in [1.54, 1.807) is 19.9 Å². The number of benzene rings is 2. The second-order valence-corrected chi connectivity index (χ2v) is 4.88. The molecular weight excluding hydrogens is 289 g/mol. The molecule has 0 saturated carbocycles. The molecule has 2 aromatic carbocycles. The standard InChI is InChI=1S/C15H12F5N/c1-6-3-7(2)5-8(4-6)15(21)9-10(16)12(18)14(20)13(19)11(9)17/h3-5,15H,21H2,1-2H3. The molecule has 2 aromatic rings. The topological polar surface area (TPSA) is 26.0 Å². The number of aryl methyl sites for hydroxylation is 2. The van der Waals surface area contributed by atoms with Crippen LogP contribution in [0.4, 0.5) is 22.0 Å². The Labute approximate surface area is 118 Å². The van der Waals surface area contributed by atoms with E-state index >= 15 is 0 Å². The van der Waals surface area contributed by atoms with Gasteiger partial charge in [-0.15, -0.1) is 0 Å². The van der Waals surface area contributed by atoms with E-state index in [0.717, 1.165) is 11.1 Å². The van der Waals surface area contributed by atoms with E-state index in [-0.39, 0.29) is 5.56 Å². The lowest BCUT2D eigenvalue weighted by Crippen LogP contribution is -2.19. The lowest BCUT2D eigenvalue weighted by Gasteiger charge is -2.17. The van der Waals surface area contributed by atoms with Crippen LogP contribution in [0.25, 0.3) is 0 Å². The zero-order valence-corrected chi connectivity index (χ0v) is 11.3. The summed E-state index contributed by atoms with van der Waals surface area (Å²) in [6.45, 7) is 3.48. The molecule has 1 atom stereocenters. The van der Waals surface area contributed by atoms with Crippen molar-refractivity contribution in [3.05, 3.63) is 69.5 Å². The van der Waals surface area contributed by atoms with Crippen LogP contribution in [-0.4, -0.2) is 0 Å². The molecule has 112 valence electrons. The molecule has 0 saturated heterocycles. The van der Waals surface area contributed by atoms with Crippen molar-refractivity contribution in [1.82, 2.24) is 0 Å². The molecule has 0 amide bonds. The predicted molar refractivity (Wildman–Crippen MR) is 68.2 cm³/mol. The molecule has 0 aliphatic rings. The van der Waals surface area contributed by atoms with E-state index < -0.39 is 40.7 Å². The number of halogens is 5. The molecule has 0 aliphatic heterocycles. The maximum absolute atomic E-state index is 13.7. The first-order valence-electron chi connectivity index (χ1n) is 6.09. The second kappa shape index (κ2) is 5.44. The normalized spacial score (nSPS) is 12.6. The molecule has 0 radical (unpaired) electrons. The molecule has 1 unspecified atom stereocenters. The lowest BCUT2D eigenvalue weighted by molar-refractivity contribution is 0.367. The van der Waals surface area contributed by atoms with Crippen molar-refractivity contribution in [3.63, 3.8) is 0 Å². The van der Waals surface area contributed by atoms with Crippen LogP contribution in [0.2, 0.25) is 0 Å². The highest BCUT2D eigenvalue weighted by Gasteiger charge is 2.29. The SMILES string of the molecule is Cc1cc(C)cc(C(N)c2c(F)c(F)c(F)c(F)c2F)c1. The molecule has 1 nitrogen and oxygen atoms in total. The van der Waals surface area contributed by atoms with Gasteiger partial charge in [0.05, 0.1) is 11.6 Å². The van der Waals surface area contributed by atoms with Gasteiger partial charge in [-0.3, -0.25) is 0 Å². The number of rotatable bonds is 2. The van der Waals surface area contributed by atoms with Crippen molar-refractivity contribution < 1.29 is 22.0 Å². The van der Waals surface area contributed by atoms with Gasteiger partial charge >= 0.3 is 0 Å². The van der Waals surface area contributed by atoms with Crippen molar-refractivity contribution in [2.45, 2.75) is 19.9 Å². The Balaban J connectivity index is 2.66. The quantitative estimate of drug-likeness (QED) is 0.505. The minimum atomic E-state index is -2.19. The summed E-state index contributed by atoms with van der Waals surface area (Å²) >= 11 is 0. The van der Waals surface area contributed by atoms with E-state index in [2.05, 4.69) is 0 Å². The Bertz CT molecular complexity index is 662. The van der Waals surface area contributed by atoms with E-state index in [1.165, 1.54) is 12.1 Å². The first kappa shape index (κ1) is 15.4. The van der Waals surface area contributed by atoms with Gasteiger partial charge in [0.1, 0.15) is 0 Å². The Morgan fingerprint density at radius 1 is 0.714 bits per heavy atom. The Morgan fingerprint density at radius 3 is 1.52 bits per heavy atom. The van der Waals surface area contributed by atoms with E-state index in [4.69, 9.17) is 5.73 Å². The molecule has 0 aromatic heterocycles. The fraction of sp³-hybridized carbons (Fsp3) is 0.200. The summed E-state index contributed by atoms with van der Waals surface area (Å²) < 4.78 is 66.9. The van der Waals surface area contributed by atoms with E-state index in [9.17, 15) is 22.0 Å². The summed E-state index contributed by atoms with van der Waals surface area (Å²) in [6, 6.07) is 3.42. The first-order valence-corrected chi connectivity index (χ1v) is 6.09. The van der Waals surface area contributed by atoms with Crippen molar-refractivity contribution in [2.75, 3.05) is 0 Å². The third kappa shape index (κ3) is 2.63. The van der Waals surface area contributed by atoms with Crippen LogP contribution in [0.3, 0.4) is 0 Å². The maximum atomic E-state index is 13.7. The molecule has 0 heterocycles. The summed E-state index contributed by atoms with van der Waals surface area (Å²) in [6.07, 6.45) is 0. The molecule has 21 heavy (non-hydrogen) atoms. The summed E-state index contributed by atoms with van der Waals surface area (Å²) in [5.41, 5.74) is 6.49. The third-order valence-corrected chi connectivity index (χ3v) is 3.16. The Morgan fingerprint density at radius 2 is 1.10 bits per heavy atom. The van der Waals surface area contributed by atoms with Crippen molar-refractivity contribution in [2.24, 2.45) is 5.73 Å². The van der Waals surface area contributed by atoms with E-state index in [0.29, 0.717) is 0 Å². The van der Waals surface area contributed by atoms with Crippen molar-refractivity contribution in [1.29, 1.82) is 0 Å². The lowest BCUT2D eigenvalue weighted by atomic mass is 9.95. The first-order chi connectivity index (χ1) is 9.73. The summed E-state index contributed by atoms with van der Waals surface area (Å²) in [5.74, 6) is -10.00. The van der Waals surface area contributed by atoms with Crippen LogP contribution >= 0.6 is 0 Å². The van der Waals surface area contributed by atoms with Gasteiger partial charge < -0.3 is 5.73 Å². The van der Waals surface area contributed by atoms with Crippen LogP contribution < -0.4 is 5.73 Å². The molecule has 0 bridgehead atoms. The average Bonchev–Trinajstić information content (AvgIpc) is 2.42. The third-order valence-electron chi connectivity index (χ3n) is 3.16. The zero-order chi connectivity index (χ0) is 15.9. The van der Waals surface area contributed by atoms with Gasteiger partial charge in [-0.2, -0.15) is 0 Å². The van der Waals surface area contributed by atoms with Crippen LogP contribution in [0.15, 0.2) is 18.2 Å². The molecule has 0 fully saturated rings. The fourth-order valence-corrected chi connectivity index (χ4v) is 2.25. The summed E-state index contributed by atoms with van der Waals surface area (Å²) in [5, 5.41) is 0. The highest BCUT2D eigenvalue weighted by atomic mass is 19.2. The number of nitrogens with two attached hydrogens (primary N) is 1.